The summed E-state index contributed by atoms with van der Waals surface area (Å²) in [5.41, 5.74) is 0.466. The summed E-state index contributed by atoms with van der Waals surface area (Å²) in [7, 11) is 0. The molecule has 7 nitrogen and oxygen atoms in total. The van der Waals surface area contributed by atoms with Crippen LogP contribution in [0.4, 0.5) is 5.69 Å². The van der Waals surface area contributed by atoms with Gasteiger partial charge in [0, 0.05) is 12.5 Å². The maximum absolute atomic E-state index is 10.9. The maximum Gasteiger partial charge on any atom is 0.278 e. The SMILES string of the molecule is CCc1nnc(SC)n1/N=C\c1ccccc1[N+](=O)[O-]. The standard InChI is InChI=1S/C12H13N5O2S/c1-3-11-14-15-12(20-2)16(11)13-8-9-6-4-5-7-10(9)17(18)19/h4-8H,3H2,1-2H3/b13-8-. The van der Waals surface area contributed by atoms with Crippen LogP contribution in [0, 0.1) is 10.1 Å². The average Bonchev–Trinajstić information content (AvgIpc) is 2.87. The van der Waals surface area contributed by atoms with Crippen molar-refractivity contribution in [3.63, 3.8) is 0 Å². The predicted octanol–water partition coefficient (Wildman–Crippen LogP) is 2.35. The maximum atomic E-state index is 10.9. The molecule has 104 valence electrons. The lowest BCUT2D eigenvalue weighted by molar-refractivity contribution is -0.385. The highest BCUT2D eigenvalue weighted by atomic mass is 32.2. The molecule has 2 aromatic rings. The lowest BCUT2D eigenvalue weighted by atomic mass is 10.2. The summed E-state index contributed by atoms with van der Waals surface area (Å²) in [6, 6.07) is 6.45. The van der Waals surface area contributed by atoms with E-state index in [0.29, 0.717) is 23.0 Å². The lowest BCUT2D eigenvalue weighted by Crippen LogP contribution is -2.00. The first-order valence-corrected chi connectivity index (χ1v) is 7.16. The highest BCUT2D eigenvalue weighted by Crippen LogP contribution is 2.17. The number of aryl methyl sites for hydroxylation is 1. The molecule has 0 N–H and O–H groups in total. The van der Waals surface area contributed by atoms with Crippen LogP contribution in [0.15, 0.2) is 34.5 Å². The Bertz CT molecular complexity index is 632. The zero-order valence-electron chi connectivity index (χ0n) is 11.1. The van der Waals surface area contributed by atoms with E-state index in [-0.39, 0.29) is 5.69 Å². The number of nitro groups is 1. The number of benzene rings is 1. The van der Waals surface area contributed by atoms with Crippen molar-refractivity contribution in [3.8, 4) is 0 Å². The Morgan fingerprint density at radius 3 is 2.85 bits per heavy atom. The quantitative estimate of drug-likeness (QED) is 0.365. The smallest absolute Gasteiger partial charge is 0.258 e. The van der Waals surface area contributed by atoms with Crippen LogP contribution < -0.4 is 0 Å². The minimum Gasteiger partial charge on any atom is -0.258 e. The lowest BCUT2D eigenvalue weighted by Gasteiger charge is -2.01. The molecule has 0 aliphatic carbocycles. The van der Waals surface area contributed by atoms with E-state index in [1.165, 1.54) is 24.0 Å². The molecule has 1 aromatic heterocycles. The number of nitro benzene ring substituents is 1. The Balaban J connectivity index is 2.39. The second-order valence-electron chi connectivity index (χ2n) is 3.83. The van der Waals surface area contributed by atoms with Crippen molar-refractivity contribution >= 4 is 23.7 Å². The summed E-state index contributed by atoms with van der Waals surface area (Å²) in [5, 5.41) is 23.9. The van der Waals surface area contributed by atoms with Crippen molar-refractivity contribution in [1.82, 2.24) is 14.9 Å². The highest BCUT2D eigenvalue weighted by molar-refractivity contribution is 7.98. The van der Waals surface area contributed by atoms with Gasteiger partial charge in [0.25, 0.3) is 5.69 Å². The van der Waals surface area contributed by atoms with Crippen LogP contribution in [0.3, 0.4) is 0 Å². The zero-order chi connectivity index (χ0) is 14.5. The van der Waals surface area contributed by atoms with Gasteiger partial charge in [-0.2, -0.15) is 9.78 Å². The Morgan fingerprint density at radius 1 is 1.45 bits per heavy atom. The summed E-state index contributed by atoms with van der Waals surface area (Å²) in [5.74, 6) is 0.712. The van der Waals surface area contributed by atoms with Crippen LogP contribution in [-0.4, -0.2) is 32.3 Å². The van der Waals surface area contributed by atoms with Gasteiger partial charge < -0.3 is 0 Å². The molecule has 2 rings (SSSR count). The first-order valence-electron chi connectivity index (χ1n) is 5.93. The minimum atomic E-state index is -0.427. The van der Waals surface area contributed by atoms with E-state index in [4.69, 9.17) is 0 Å². The molecule has 0 unspecified atom stereocenters. The van der Waals surface area contributed by atoms with Crippen LogP contribution in [0.2, 0.25) is 0 Å². The van der Waals surface area contributed by atoms with Gasteiger partial charge >= 0.3 is 0 Å². The fourth-order valence-electron chi connectivity index (χ4n) is 1.64. The number of hydrogen-bond acceptors (Lipinski definition) is 6. The van der Waals surface area contributed by atoms with Crippen molar-refractivity contribution in [3.05, 3.63) is 45.8 Å². The van der Waals surface area contributed by atoms with Crippen LogP contribution in [0.5, 0.6) is 0 Å². The first kappa shape index (κ1) is 14.2. The third-order valence-corrected chi connectivity index (χ3v) is 3.24. The van der Waals surface area contributed by atoms with Gasteiger partial charge in [0.1, 0.15) is 0 Å². The van der Waals surface area contributed by atoms with Gasteiger partial charge in [-0.05, 0) is 12.3 Å². The van der Waals surface area contributed by atoms with Gasteiger partial charge in [-0.15, -0.1) is 10.2 Å². The molecule has 20 heavy (non-hydrogen) atoms. The molecular weight excluding hydrogens is 278 g/mol. The second kappa shape index (κ2) is 6.29. The number of rotatable bonds is 5. The number of nitrogens with zero attached hydrogens (tertiary/aromatic N) is 5. The highest BCUT2D eigenvalue weighted by Gasteiger charge is 2.12. The molecule has 1 heterocycles. The fourth-order valence-corrected chi connectivity index (χ4v) is 2.09. The molecule has 0 radical (unpaired) electrons. The molecule has 1 aromatic carbocycles. The third kappa shape index (κ3) is 2.85. The van der Waals surface area contributed by atoms with E-state index in [1.54, 1.807) is 22.9 Å². The molecule has 0 atom stereocenters. The van der Waals surface area contributed by atoms with Crippen molar-refractivity contribution in [2.24, 2.45) is 5.10 Å². The largest absolute Gasteiger partial charge is 0.278 e. The van der Waals surface area contributed by atoms with Gasteiger partial charge in [0.15, 0.2) is 5.82 Å². The number of hydrogen-bond donors (Lipinski definition) is 0. The Morgan fingerprint density at radius 2 is 2.20 bits per heavy atom. The summed E-state index contributed by atoms with van der Waals surface area (Å²) >= 11 is 1.42. The van der Waals surface area contributed by atoms with Crippen molar-refractivity contribution in [2.45, 2.75) is 18.5 Å². The molecule has 8 heteroatoms. The number of aromatic nitrogens is 3. The Kier molecular flexibility index (Phi) is 4.46. The van der Waals surface area contributed by atoms with E-state index in [2.05, 4.69) is 15.3 Å². The number of thioether (sulfide) groups is 1. The molecule has 0 bridgehead atoms. The predicted molar refractivity (Wildman–Crippen MR) is 77.3 cm³/mol. The molecule has 0 fully saturated rings. The van der Waals surface area contributed by atoms with E-state index < -0.39 is 4.92 Å². The molecule has 0 amide bonds. The van der Waals surface area contributed by atoms with E-state index in [9.17, 15) is 10.1 Å². The second-order valence-corrected chi connectivity index (χ2v) is 4.60. The van der Waals surface area contributed by atoms with Gasteiger partial charge in [-0.3, -0.25) is 10.1 Å². The first-order chi connectivity index (χ1) is 9.67. The Hall–Kier alpha value is -2.22. The normalized spacial score (nSPS) is 11.1. The minimum absolute atomic E-state index is 0.0214. The van der Waals surface area contributed by atoms with Crippen LogP contribution in [0.1, 0.15) is 18.3 Å². The molecule has 0 aliphatic rings. The summed E-state index contributed by atoms with van der Waals surface area (Å²) in [6.45, 7) is 1.95. The summed E-state index contributed by atoms with van der Waals surface area (Å²) in [4.78, 5) is 10.5. The Labute approximate surface area is 119 Å². The number of para-hydroxylation sites is 1. The van der Waals surface area contributed by atoms with Crippen LogP contribution in [-0.2, 0) is 6.42 Å². The fraction of sp³-hybridized carbons (Fsp3) is 0.250. The van der Waals surface area contributed by atoms with Crippen molar-refractivity contribution in [1.29, 1.82) is 0 Å². The van der Waals surface area contributed by atoms with E-state index in [0.717, 1.165) is 0 Å². The van der Waals surface area contributed by atoms with Gasteiger partial charge in [-0.25, -0.2) is 0 Å². The molecule has 0 saturated carbocycles. The zero-order valence-corrected chi connectivity index (χ0v) is 11.9. The summed E-state index contributed by atoms with van der Waals surface area (Å²) in [6.07, 6.45) is 4.02. The third-order valence-electron chi connectivity index (χ3n) is 2.62. The van der Waals surface area contributed by atoms with Gasteiger partial charge in [0.05, 0.1) is 16.7 Å². The average molecular weight is 291 g/mol. The molecule has 0 saturated heterocycles. The van der Waals surface area contributed by atoms with Gasteiger partial charge in [0.2, 0.25) is 5.16 Å². The van der Waals surface area contributed by atoms with E-state index in [1.807, 2.05) is 13.2 Å². The summed E-state index contributed by atoms with van der Waals surface area (Å²) < 4.78 is 1.60. The van der Waals surface area contributed by atoms with Crippen molar-refractivity contribution < 1.29 is 4.92 Å². The monoisotopic (exact) mass is 291 g/mol. The molecule has 0 aliphatic heterocycles. The molecule has 0 spiro atoms. The van der Waals surface area contributed by atoms with Crippen molar-refractivity contribution in [2.75, 3.05) is 6.26 Å². The molecular formula is C12H13N5O2S. The van der Waals surface area contributed by atoms with E-state index >= 15 is 0 Å². The topological polar surface area (TPSA) is 86.2 Å². The van der Waals surface area contributed by atoms with Gasteiger partial charge in [-0.1, -0.05) is 30.8 Å². The van der Waals surface area contributed by atoms with Crippen LogP contribution >= 0.6 is 11.8 Å². The van der Waals surface area contributed by atoms with Crippen LogP contribution in [0.25, 0.3) is 0 Å².